The van der Waals surface area contributed by atoms with Crippen LogP contribution in [0.25, 0.3) is 10.8 Å². The summed E-state index contributed by atoms with van der Waals surface area (Å²) in [5.41, 5.74) is 1.72. The third-order valence-corrected chi connectivity index (χ3v) is 5.26. The molecule has 2 fully saturated rings. The Kier molecular flexibility index (Phi) is 13.6. The molecule has 0 aliphatic heterocycles. The molecule has 10 radical (unpaired) electrons. The Balaban J connectivity index is 0.000000678. The van der Waals surface area contributed by atoms with E-state index in [1.54, 1.807) is 13.0 Å². The van der Waals surface area contributed by atoms with Gasteiger partial charge in [-0.3, -0.25) is 14.4 Å². The predicted molar refractivity (Wildman–Crippen MR) is 136 cm³/mol. The molecule has 7 heteroatoms. The molecule has 0 unspecified atom stereocenters. The third kappa shape index (κ3) is 9.94. The van der Waals surface area contributed by atoms with Crippen molar-refractivity contribution >= 4 is 28.6 Å². The van der Waals surface area contributed by atoms with Crippen LogP contribution in [-0.2, 0) is 31.4 Å². The van der Waals surface area contributed by atoms with E-state index in [4.69, 9.17) is 4.74 Å². The van der Waals surface area contributed by atoms with Crippen molar-refractivity contribution in [2.45, 2.75) is 19.8 Å². The first-order chi connectivity index (χ1) is 17.1. The molecular weight excluding hydrogens is 496 g/mol. The van der Waals surface area contributed by atoms with Gasteiger partial charge in [0.2, 0.25) is 5.91 Å². The molecule has 4 rings (SSSR count). The summed E-state index contributed by atoms with van der Waals surface area (Å²) in [5, 5.41) is 7.39. The van der Waals surface area contributed by atoms with Crippen LogP contribution in [0.1, 0.15) is 35.7 Å². The molecule has 2 aromatic rings. The number of esters is 1. The van der Waals surface area contributed by atoms with Crippen LogP contribution in [0.15, 0.2) is 36.4 Å². The van der Waals surface area contributed by atoms with Gasteiger partial charge in [-0.1, -0.05) is 24.3 Å². The van der Waals surface area contributed by atoms with E-state index in [9.17, 15) is 14.4 Å². The van der Waals surface area contributed by atoms with Crippen molar-refractivity contribution in [1.29, 1.82) is 0 Å². The molecule has 2 saturated carbocycles. The number of carbonyl (C=O) groups excluding carboxylic acids is 3. The first kappa shape index (κ1) is 29.9. The minimum absolute atomic E-state index is 0. The minimum Gasteiger partial charge on any atom is -0.465 e. The molecule has 2 aromatic carbocycles. The smallest absolute Gasteiger partial charge is 0.465 e. The summed E-state index contributed by atoms with van der Waals surface area (Å²) in [6.07, 6.45) is 18.9. The van der Waals surface area contributed by atoms with Gasteiger partial charge in [0.1, 0.15) is 6.54 Å². The maximum absolute atomic E-state index is 12.4. The number of fused-ring (bicyclic) bond motifs is 1. The van der Waals surface area contributed by atoms with E-state index < -0.39 is 5.97 Å². The first-order valence-corrected chi connectivity index (χ1v) is 11.7. The molecule has 0 aromatic heterocycles. The number of carbonyl (C=O) groups is 3. The molecule has 2 amide bonds. The quantitative estimate of drug-likeness (QED) is 0.296. The van der Waals surface area contributed by atoms with Crippen molar-refractivity contribution < 1.29 is 36.2 Å². The summed E-state index contributed by atoms with van der Waals surface area (Å²) in [6, 6.07) is 11.8. The Morgan fingerprint density at radius 1 is 0.806 bits per heavy atom. The van der Waals surface area contributed by atoms with Crippen LogP contribution in [0.2, 0.25) is 0 Å². The van der Waals surface area contributed by atoms with E-state index in [2.05, 4.69) is 29.5 Å². The number of hydrogen-bond donors (Lipinski definition) is 2. The summed E-state index contributed by atoms with van der Waals surface area (Å²) >= 11 is 0. The SMILES string of the molecule is CCOC(=O)CNC(=O)CCCNC(=O)c1ccc2cc([C]3[CH][CH][CH][CH]3)ccc2c1.[CH]1[CH][CH][CH][CH]1.[Fe+2]. The van der Waals surface area contributed by atoms with Crippen LogP contribution in [0.4, 0.5) is 0 Å². The van der Waals surface area contributed by atoms with Crippen molar-refractivity contribution in [2.75, 3.05) is 19.7 Å². The molecular formula is C29H30FeN2O4+2. The van der Waals surface area contributed by atoms with Gasteiger partial charge < -0.3 is 15.4 Å². The average Bonchev–Trinajstić information content (AvgIpc) is 3.62. The number of benzene rings is 2. The van der Waals surface area contributed by atoms with Gasteiger partial charge in [0.25, 0.3) is 5.91 Å². The van der Waals surface area contributed by atoms with Gasteiger partial charge in [-0.2, -0.15) is 0 Å². The second kappa shape index (κ2) is 16.4. The maximum atomic E-state index is 12.4. The largest absolute Gasteiger partial charge is 2.00 e. The first-order valence-electron chi connectivity index (χ1n) is 11.7. The van der Waals surface area contributed by atoms with E-state index in [0.29, 0.717) is 18.5 Å². The van der Waals surface area contributed by atoms with Crippen molar-refractivity contribution in [3.63, 3.8) is 0 Å². The van der Waals surface area contributed by atoms with Gasteiger partial charge in [-0.15, -0.1) is 0 Å². The van der Waals surface area contributed by atoms with Gasteiger partial charge >= 0.3 is 23.0 Å². The molecule has 2 N–H and O–H groups in total. The van der Waals surface area contributed by atoms with Crippen LogP contribution < -0.4 is 10.6 Å². The van der Waals surface area contributed by atoms with Crippen LogP contribution in [0.5, 0.6) is 0 Å². The van der Waals surface area contributed by atoms with Crippen molar-refractivity contribution in [1.82, 2.24) is 10.6 Å². The van der Waals surface area contributed by atoms with E-state index >= 15 is 0 Å². The van der Waals surface area contributed by atoms with Gasteiger partial charge in [-0.05, 0) is 99.6 Å². The monoisotopic (exact) mass is 526 g/mol. The zero-order chi connectivity index (χ0) is 24.9. The summed E-state index contributed by atoms with van der Waals surface area (Å²) in [5.74, 6) is 0.287. The average molecular weight is 526 g/mol. The molecule has 0 saturated heterocycles. The summed E-state index contributed by atoms with van der Waals surface area (Å²) in [4.78, 5) is 35.3. The Morgan fingerprint density at radius 2 is 1.44 bits per heavy atom. The zero-order valence-corrected chi connectivity index (χ0v) is 21.3. The molecule has 0 heterocycles. The van der Waals surface area contributed by atoms with E-state index in [-0.39, 0.29) is 48.5 Å². The Labute approximate surface area is 225 Å². The standard InChI is InChI=1S/C24H25N2O4.C5H5.Fe/c1-2-30-23(28)16-26-22(27)8-5-13-25-24(29)21-12-11-19-14-18(9-10-20(19)15-21)17-6-3-4-7-17;1-2-4-5-3-1;/h3-4,6-7,9-12,14-15H,2,5,8,13,16H2,1H3,(H,25,29)(H,26,27);1-5H;/q;;+2. The second-order valence-electron chi connectivity index (χ2n) is 7.85. The fraction of sp³-hybridized carbons (Fsp3) is 0.207. The molecule has 186 valence electrons. The summed E-state index contributed by atoms with van der Waals surface area (Å²) < 4.78 is 4.74. The molecule has 0 atom stereocenters. The van der Waals surface area contributed by atoms with E-state index in [1.807, 2.05) is 69.2 Å². The minimum atomic E-state index is -0.461. The van der Waals surface area contributed by atoms with Crippen LogP contribution in [-0.4, -0.2) is 37.5 Å². The molecule has 6 nitrogen and oxygen atoms in total. The number of hydrogen-bond acceptors (Lipinski definition) is 4. The van der Waals surface area contributed by atoms with Gasteiger partial charge in [-0.25, -0.2) is 0 Å². The normalized spacial score (nSPS) is 14.9. The topological polar surface area (TPSA) is 84.5 Å². The Morgan fingerprint density at radius 3 is 2.11 bits per heavy atom. The Hall–Kier alpha value is -2.37. The molecule has 2 aliphatic carbocycles. The number of amides is 2. The fourth-order valence-electron chi connectivity index (χ4n) is 3.48. The van der Waals surface area contributed by atoms with Gasteiger partial charge in [0.15, 0.2) is 0 Å². The molecule has 0 bridgehead atoms. The Bertz CT molecular complexity index is 977. The molecule has 36 heavy (non-hydrogen) atoms. The third-order valence-electron chi connectivity index (χ3n) is 5.26. The van der Waals surface area contributed by atoms with Gasteiger partial charge in [0.05, 0.1) is 6.61 Å². The summed E-state index contributed by atoms with van der Waals surface area (Å²) in [6.45, 7) is 2.23. The number of rotatable bonds is 9. The zero-order valence-electron chi connectivity index (χ0n) is 20.2. The van der Waals surface area contributed by atoms with E-state index in [1.165, 1.54) is 5.92 Å². The maximum Gasteiger partial charge on any atom is 2.00 e. The second-order valence-corrected chi connectivity index (χ2v) is 7.85. The number of nitrogens with one attached hydrogen (secondary N) is 2. The van der Waals surface area contributed by atoms with Crippen LogP contribution in [0, 0.1) is 63.7 Å². The molecule has 0 spiro atoms. The predicted octanol–water partition coefficient (Wildman–Crippen LogP) is 3.80. The van der Waals surface area contributed by atoms with Crippen molar-refractivity contribution in [2.24, 2.45) is 0 Å². The van der Waals surface area contributed by atoms with Gasteiger partial charge in [0, 0.05) is 24.4 Å². The number of ether oxygens (including phenoxy) is 1. The van der Waals surface area contributed by atoms with E-state index in [0.717, 1.165) is 16.3 Å². The fourth-order valence-corrected chi connectivity index (χ4v) is 3.48. The van der Waals surface area contributed by atoms with Crippen LogP contribution in [0.3, 0.4) is 0 Å². The van der Waals surface area contributed by atoms with Crippen molar-refractivity contribution in [3.8, 4) is 0 Å². The van der Waals surface area contributed by atoms with Crippen molar-refractivity contribution in [3.05, 3.63) is 111 Å². The van der Waals surface area contributed by atoms with Crippen LogP contribution >= 0.6 is 0 Å². The summed E-state index contributed by atoms with van der Waals surface area (Å²) in [7, 11) is 0. The molecule has 2 aliphatic rings.